The molecule has 0 fully saturated rings. The van der Waals surface area contributed by atoms with Crippen LogP contribution >= 0.6 is 0 Å². The molecule has 0 saturated heterocycles. The van der Waals surface area contributed by atoms with E-state index in [2.05, 4.69) is 44.4 Å². The summed E-state index contributed by atoms with van der Waals surface area (Å²) in [5, 5.41) is 20.8. The summed E-state index contributed by atoms with van der Waals surface area (Å²) in [6, 6.07) is 19.6. The molecule has 0 aliphatic carbocycles. The topological polar surface area (TPSA) is 53.4 Å². The molecule has 6 heteroatoms. The van der Waals surface area contributed by atoms with Gasteiger partial charge in [0.05, 0.1) is 25.5 Å². The highest BCUT2D eigenvalue weighted by molar-refractivity contribution is 5.18. The van der Waals surface area contributed by atoms with Gasteiger partial charge >= 0.3 is 0 Å². The Kier molecular flexibility index (Phi) is 7.12. The van der Waals surface area contributed by atoms with E-state index < -0.39 is 12.2 Å². The van der Waals surface area contributed by atoms with E-state index in [0.717, 1.165) is 44.0 Å². The molecule has 2 aromatic rings. The van der Waals surface area contributed by atoms with Crippen molar-refractivity contribution in [3.8, 4) is 0 Å². The normalized spacial score (nSPS) is 17.6. The van der Waals surface area contributed by atoms with E-state index in [4.69, 9.17) is 0 Å². The fraction of sp³-hybridized carbons (Fsp3) is 0.360. The van der Waals surface area contributed by atoms with Crippen molar-refractivity contribution in [1.82, 2.24) is 19.6 Å². The maximum Gasteiger partial charge on any atom is 0.0965 e. The number of rotatable bonds is 10. The molecular formula is C25H32N4O2. The molecule has 2 heterocycles. The lowest BCUT2D eigenvalue weighted by molar-refractivity contribution is 0.120. The Morgan fingerprint density at radius 2 is 0.968 bits per heavy atom. The molecule has 31 heavy (non-hydrogen) atoms. The van der Waals surface area contributed by atoms with Crippen LogP contribution in [0.15, 0.2) is 85.5 Å². The summed E-state index contributed by atoms with van der Waals surface area (Å²) in [5.74, 6) is 0. The molecule has 2 aliphatic rings. The molecule has 2 aliphatic heterocycles. The van der Waals surface area contributed by atoms with Crippen LogP contribution in [-0.2, 0) is 0 Å². The van der Waals surface area contributed by atoms with E-state index in [1.165, 1.54) is 0 Å². The molecule has 0 aromatic heterocycles. The third-order valence-electron chi connectivity index (χ3n) is 5.78. The first-order chi connectivity index (χ1) is 15.2. The quantitative estimate of drug-likeness (QED) is 0.617. The van der Waals surface area contributed by atoms with Gasteiger partial charge in [-0.15, -0.1) is 0 Å². The third kappa shape index (κ3) is 6.03. The summed E-state index contributed by atoms with van der Waals surface area (Å²) < 4.78 is 0. The van der Waals surface area contributed by atoms with Gasteiger partial charge in [-0.3, -0.25) is 0 Å². The fourth-order valence-corrected chi connectivity index (χ4v) is 4.04. The first-order valence-corrected chi connectivity index (χ1v) is 11.0. The van der Waals surface area contributed by atoms with Crippen LogP contribution in [0.3, 0.4) is 0 Å². The van der Waals surface area contributed by atoms with Crippen molar-refractivity contribution in [3.05, 3.63) is 96.6 Å². The number of hydrogen-bond acceptors (Lipinski definition) is 6. The van der Waals surface area contributed by atoms with Gasteiger partial charge in [0.15, 0.2) is 0 Å². The van der Waals surface area contributed by atoms with Crippen molar-refractivity contribution >= 4 is 0 Å². The Morgan fingerprint density at radius 1 is 0.581 bits per heavy atom. The van der Waals surface area contributed by atoms with Crippen molar-refractivity contribution < 1.29 is 10.2 Å². The van der Waals surface area contributed by atoms with Crippen molar-refractivity contribution in [2.45, 2.75) is 18.6 Å². The zero-order valence-electron chi connectivity index (χ0n) is 17.9. The minimum absolute atomic E-state index is 0.474. The average molecular weight is 421 g/mol. The highest BCUT2D eigenvalue weighted by atomic mass is 16.3. The maximum absolute atomic E-state index is 10.4. The molecule has 6 nitrogen and oxygen atoms in total. The highest BCUT2D eigenvalue weighted by Crippen LogP contribution is 2.18. The molecule has 0 spiro atoms. The van der Waals surface area contributed by atoms with Crippen LogP contribution in [0, 0.1) is 0 Å². The van der Waals surface area contributed by atoms with Crippen LogP contribution in [0.2, 0.25) is 0 Å². The Labute approximate surface area is 184 Å². The van der Waals surface area contributed by atoms with Crippen LogP contribution in [0.5, 0.6) is 0 Å². The van der Waals surface area contributed by atoms with E-state index in [1.54, 1.807) is 0 Å². The number of β-amino-alcohol motifs (C(OH)–C–C–N with tert-alkyl or cyclic N) is 2. The predicted octanol–water partition coefficient (Wildman–Crippen LogP) is 2.94. The van der Waals surface area contributed by atoms with Gasteiger partial charge in [0, 0.05) is 51.0 Å². The van der Waals surface area contributed by atoms with Crippen molar-refractivity contribution in [1.29, 1.82) is 0 Å². The molecule has 2 atom stereocenters. The SMILES string of the molecule is OC(CN1C=CN(CCCN2C=CN(CC(O)c3ccccc3)C2)C1)c1ccccc1. The van der Waals surface area contributed by atoms with Gasteiger partial charge in [-0.05, 0) is 17.5 Å². The molecular weight excluding hydrogens is 388 g/mol. The standard InChI is InChI=1S/C25H32N4O2/c30-24(22-8-3-1-4-9-22)18-28-16-14-26(20-28)12-7-13-27-15-17-29(21-27)19-25(31)23-10-5-2-6-11-23/h1-6,8-11,14-17,24-25,30-31H,7,12-13,18-21H2. The van der Waals surface area contributed by atoms with Gasteiger partial charge in [-0.2, -0.15) is 0 Å². The molecule has 2 N–H and O–H groups in total. The summed E-state index contributed by atoms with van der Waals surface area (Å²) in [5.41, 5.74) is 1.91. The van der Waals surface area contributed by atoms with Crippen molar-refractivity contribution in [2.75, 3.05) is 39.5 Å². The second kappa shape index (κ2) is 10.4. The average Bonchev–Trinajstić information content (AvgIpc) is 3.44. The zero-order chi connectivity index (χ0) is 21.5. The molecule has 0 bridgehead atoms. The molecule has 4 rings (SSSR count). The monoisotopic (exact) mass is 420 g/mol. The molecule has 164 valence electrons. The molecule has 0 radical (unpaired) electrons. The van der Waals surface area contributed by atoms with E-state index >= 15 is 0 Å². The van der Waals surface area contributed by atoms with E-state index in [0.29, 0.717) is 13.1 Å². The largest absolute Gasteiger partial charge is 0.387 e. The Balaban J connectivity index is 1.12. The maximum atomic E-state index is 10.4. The van der Waals surface area contributed by atoms with Gasteiger partial charge in [0.1, 0.15) is 0 Å². The van der Waals surface area contributed by atoms with Gasteiger partial charge in [0.2, 0.25) is 0 Å². The van der Waals surface area contributed by atoms with Gasteiger partial charge < -0.3 is 29.8 Å². The lowest BCUT2D eigenvalue weighted by atomic mass is 10.1. The lowest BCUT2D eigenvalue weighted by Crippen LogP contribution is -2.32. The van der Waals surface area contributed by atoms with Gasteiger partial charge in [0.25, 0.3) is 0 Å². The first-order valence-electron chi connectivity index (χ1n) is 11.0. The fourth-order valence-electron chi connectivity index (χ4n) is 4.04. The van der Waals surface area contributed by atoms with E-state index in [1.807, 2.05) is 60.7 Å². The molecule has 0 saturated carbocycles. The van der Waals surface area contributed by atoms with Gasteiger partial charge in [-0.25, -0.2) is 0 Å². The third-order valence-corrected chi connectivity index (χ3v) is 5.78. The smallest absolute Gasteiger partial charge is 0.0965 e. The summed E-state index contributed by atoms with van der Waals surface area (Å²) >= 11 is 0. The second-order valence-corrected chi connectivity index (χ2v) is 8.25. The lowest BCUT2D eigenvalue weighted by Gasteiger charge is -2.25. The number of benzene rings is 2. The van der Waals surface area contributed by atoms with Crippen LogP contribution < -0.4 is 0 Å². The first kappa shape index (κ1) is 21.3. The van der Waals surface area contributed by atoms with Crippen LogP contribution in [0.4, 0.5) is 0 Å². The Morgan fingerprint density at radius 3 is 1.39 bits per heavy atom. The summed E-state index contributed by atoms with van der Waals surface area (Å²) in [4.78, 5) is 8.88. The number of aliphatic hydroxyl groups is 2. The minimum Gasteiger partial charge on any atom is -0.387 e. The minimum atomic E-state index is -0.474. The number of hydrogen-bond donors (Lipinski definition) is 2. The molecule has 2 unspecified atom stereocenters. The van der Waals surface area contributed by atoms with Crippen LogP contribution in [0.1, 0.15) is 29.8 Å². The van der Waals surface area contributed by atoms with E-state index in [9.17, 15) is 10.2 Å². The van der Waals surface area contributed by atoms with Crippen LogP contribution in [-0.4, -0.2) is 69.3 Å². The molecule has 2 aromatic carbocycles. The summed E-state index contributed by atoms with van der Waals surface area (Å²) in [6.45, 7) is 4.79. The zero-order valence-corrected chi connectivity index (χ0v) is 17.9. The van der Waals surface area contributed by atoms with Gasteiger partial charge in [-0.1, -0.05) is 60.7 Å². The highest BCUT2D eigenvalue weighted by Gasteiger charge is 2.19. The van der Waals surface area contributed by atoms with Crippen molar-refractivity contribution in [3.63, 3.8) is 0 Å². The second-order valence-electron chi connectivity index (χ2n) is 8.25. The summed E-state index contributed by atoms with van der Waals surface area (Å²) in [7, 11) is 0. The van der Waals surface area contributed by atoms with Crippen molar-refractivity contribution in [2.24, 2.45) is 0 Å². The Hall–Kier alpha value is -2.96. The molecule has 0 amide bonds. The van der Waals surface area contributed by atoms with E-state index in [-0.39, 0.29) is 0 Å². The Bertz CT molecular complexity index is 787. The number of aliphatic hydroxyl groups excluding tert-OH is 2. The number of nitrogens with zero attached hydrogens (tertiary/aromatic N) is 4. The summed E-state index contributed by atoms with van der Waals surface area (Å²) in [6.07, 6.45) is 8.46. The van der Waals surface area contributed by atoms with Crippen LogP contribution in [0.25, 0.3) is 0 Å². The predicted molar refractivity (Wildman–Crippen MR) is 122 cm³/mol.